The fourth-order valence-electron chi connectivity index (χ4n) is 1.22. The molecule has 0 saturated heterocycles. The molecule has 1 rings (SSSR count). The molecule has 0 saturated carbocycles. The van der Waals surface area contributed by atoms with Gasteiger partial charge in [-0.25, -0.2) is 4.79 Å². The van der Waals surface area contributed by atoms with Crippen molar-refractivity contribution >= 4 is 6.03 Å². The maximum Gasteiger partial charge on any atom is 0.312 e. The van der Waals surface area contributed by atoms with E-state index in [1.54, 1.807) is 0 Å². The first-order valence-electron chi connectivity index (χ1n) is 4.51. The van der Waals surface area contributed by atoms with Gasteiger partial charge in [0, 0.05) is 12.6 Å². The number of carbonyl (C=O) groups is 1. The van der Waals surface area contributed by atoms with Crippen LogP contribution in [0.2, 0.25) is 0 Å². The molecular weight excluding hydrogens is 178 g/mol. The van der Waals surface area contributed by atoms with Crippen LogP contribution in [0.25, 0.3) is 0 Å². The molecule has 5 N–H and O–H groups in total. The number of urea groups is 1. The fourth-order valence-corrected chi connectivity index (χ4v) is 1.22. The predicted molar refractivity (Wildman–Crippen MR) is 55.7 cm³/mol. The van der Waals surface area contributed by atoms with Crippen LogP contribution in [0.5, 0.6) is 0 Å². The number of benzene rings is 1. The van der Waals surface area contributed by atoms with Crippen molar-refractivity contribution in [3.05, 3.63) is 35.9 Å². The molecule has 4 nitrogen and oxygen atoms in total. The van der Waals surface area contributed by atoms with Crippen molar-refractivity contribution in [2.45, 2.75) is 12.5 Å². The van der Waals surface area contributed by atoms with Crippen molar-refractivity contribution in [1.82, 2.24) is 5.32 Å². The van der Waals surface area contributed by atoms with E-state index >= 15 is 0 Å². The lowest BCUT2D eigenvalue weighted by molar-refractivity contribution is 0.248. The summed E-state index contributed by atoms with van der Waals surface area (Å²) < 4.78 is 0. The number of primary amides is 1. The van der Waals surface area contributed by atoms with Crippen LogP contribution in [0.15, 0.2) is 30.3 Å². The van der Waals surface area contributed by atoms with Gasteiger partial charge in [-0.1, -0.05) is 30.3 Å². The van der Waals surface area contributed by atoms with E-state index in [1.807, 2.05) is 30.3 Å². The molecule has 0 radical (unpaired) electrons. The summed E-state index contributed by atoms with van der Waals surface area (Å²) in [5.74, 6) is 0. The smallest absolute Gasteiger partial charge is 0.312 e. The zero-order valence-electron chi connectivity index (χ0n) is 7.94. The van der Waals surface area contributed by atoms with E-state index in [0.717, 1.165) is 12.0 Å². The minimum absolute atomic E-state index is 0.0927. The van der Waals surface area contributed by atoms with Crippen LogP contribution in [0.1, 0.15) is 5.56 Å². The summed E-state index contributed by atoms with van der Waals surface area (Å²) in [5, 5.41) is 2.48. The maximum absolute atomic E-state index is 10.4. The van der Waals surface area contributed by atoms with E-state index in [9.17, 15) is 4.79 Å². The van der Waals surface area contributed by atoms with E-state index in [0.29, 0.717) is 6.54 Å². The van der Waals surface area contributed by atoms with E-state index < -0.39 is 6.03 Å². The Bertz CT molecular complexity index is 287. The molecule has 2 amide bonds. The van der Waals surface area contributed by atoms with Gasteiger partial charge in [-0.05, 0) is 12.0 Å². The second kappa shape index (κ2) is 5.24. The van der Waals surface area contributed by atoms with Gasteiger partial charge in [-0.3, -0.25) is 0 Å². The zero-order valence-corrected chi connectivity index (χ0v) is 7.94. The van der Waals surface area contributed by atoms with Gasteiger partial charge in [0.25, 0.3) is 0 Å². The third-order valence-electron chi connectivity index (χ3n) is 1.88. The number of hydrogen-bond acceptors (Lipinski definition) is 2. The molecule has 0 aliphatic rings. The number of carbonyl (C=O) groups excluding carboxylic acids is 1. The van der Waals surface area contributed by atoms with Gasteiger partial charge < -0.3 is 16.8 Å². The molecule has 0 heterocycles. The second-order valence-corrected chi connectivity index (χ2v) is 3.19. The Hall–Kier alpha value is -1.55. The molecule has 0 aliphatic heterocycles. The summed E-state index contributed by atoms with van der Waals surface area (Å²) in [5.41, 5.74) is 11.9. The zero-order chi connectivity index (χ0) is 10.4. The lowest BCUT2D eigenvalue weighted by Gasteiger charge is -2.11. The third kappa shape index (κ3) is 3.91. The predicted octanol–water partition coefficient (Wildman–Crippen LogP) is 0.225. The summed E-state index contributed by atoms with van der Waals surface area (Å²) in [6.07, 6.45) is 0.737. The van der Waals surface area contributed by atoms with Crippen LogP contribution in [0.4, 0.5) is 4.79 Å². The first-order chi connectivity index (χ1) is 6.68. The van der Waals surface area contributed by atoms with Crippen molar-refractivity contribution in [3.8, 4) is 0 Å². The SMILES string of the molecule is NC(=O)NC[C@H](N)Cc1ccccc1. The van der Waals surface area contributed by atoms with E-state index in [1.165, 1.54) is 0 Å². The van der Waals surface area contributed by atoms with Gasteiger partial charge in [0.05, 0.1) is 0 Å². The minimum atomic E-state index is -0.534. The Morgan fingerprint density at radius 1 is 1.36 bits per heavy atom. The van der Waals surface area contributed by atoms with Gasteiger partial charge in [-0.15, -0.1) is 0 Å². The Balaban J connectivity index is 2.34. The van der Waals surface area contributed by atoms with Crippen molar-refractivity contribution in [2.24, 2.45) is 11.5 Å². The van der Waals surface area contributed by atoms with Gasteiger partial charge >= 0.3 is 6.03 Å². The largest absolute Gasteiger partial charge is 0.352 e. The average Bonchev–Trinajstić information content (AvgIpc) is 2.16. The highest BCUT2D eigenvalue weighted by molar-refractivity contribution is 5.71. The van der Waals surface area contributed by atoms with E-state index in [-0.39, 0.29) is 6.04 Å². The first-order valence-corrected chi connectivity index (χ1v) is 4.51. The Kier molecular flexibility index (Phi) is 3.94. The lowest BCUT2D eigenvalue weighted by Crippen LogP contribution is -2.40. The quantitative estimate of drug-likeness (QED) is 0.639. The summed E-state index contributed by atoms with van der Waals surface area (Å²) >= 11 is 0. The summed E-state index contributed by atoms with van der Waals surface area (Å²) in [6, 6.07) is 9.26. The molecule has 0 spiro atoms. The van der Waals surface area contributed by atoms with Crippen LogP contribution in [0.3, 0.4) is 0 Å². The maximum atomic E-state index is 10.4. The molecule has 1 aromatic carbocycles. The number of nitrogens with two attached hydrogens (primary N) is 2. The molecule has 1 atom stereocenters. The number of hydrogen-bond donors (Lipinski definition) is 3. The molecule has 4 heteroatoms. The van der Waals surface area contributed by atoms with E-state index in [2.05, 4.69) is 5.32 Å². The van der Waals surface area contributed by atoms with Crippen LogP contribution in [-0.4, -0.2) is 18.6 Å². The third-order valence-corrected chi connectivity index (χ3v) is 1.88. The van der Waals surface area contributed by atoms with Crippen molar-refractivity contribution in [2.75, 3.05) is 6.54 Å². The monoisotopic (exact) mass is 193 g/mol. The molecule has 0 aromatic heterocycles. The summed E-state index contributed by atoms with van der Waals surface area (Å²) in [7, 11) is 0. The van der Waals surface area contributed by atoms with E-state index in [4.69, 9.17) is 11.5 Å². The number of rotatable bonds is 4. The highest BCUT2D eigenvalue weighted by Crippen LogP contribution is 2.00. The highest BCUT2D eigenvalue weighted by Gasteiger charge is 2.03. The second-order valence-electron chi connectivity index (χ2n) is 3.19. The van der Waals surface area contributed by atoms with Crippen molar-refractivity contribution < 1.29 is 4.79 Å². The van der Waals surface area contributed by atoms with Gasteiger partial charge in [0.2, 0.25) is 0 Å². The van der Waals surface area contributed by atoms with Gasteiger partial charge in [-0.2, -0.15) is 0 Å². The molecule has 0 unspecified atom stereocenters. The van der Waals surface area contributed by atoms with Crippen LogP contribution >= 0.6 is 0 Å². The highest BCUT2D eigenvalue weighted by atomic mass is 16.2. The topological polar surface area (TPSA) is 81.1 Å². The lowest BCUT2D eigenvalue weighted by atomic mass is 10.1. The van der Waals surface area contributed by atoms with Crippen LogP contribution < -0.4 is 16.8 Å². The molecule has 0 fully saturated rings. The Morgan fingerprint density at radius 3 is 2.57 bits per heavy atom. The molecule has 0 aliphatic carbocycles. The average molecular weight is 193 g/mol. The normalized spacial score (nSPS) is 12.1. The van der Waals surface area contributed by atoms with Gasteiger partial charge in [0.15, 0.2) is 0 Å². The molecule has 0 bridgehead atoms. The minimum Gasteiger partial charge on any atom is -0.352 e. The first kappa shape index (κ1) is 10.5. The molecule has 1 aromatic rings. The van der Waals surface area contributed by atoms with Crippen LogP contribution in [-0.2, 0) is 6.42 Å². The van der Waals surface area contributed by atoms with Crippen molar-refractivity contribution in [1.29, 1.82) is 0 Å². The molecular formula is C10H15N3O. The standard InChI is InChI=1S/C10H15N3O/c11-9(7-13-10(12)14)6-8-4-2-1-3-5-8/h1-5,9H,6-7,11H2,(H3,12,13,14)/t9-/m1/s1. The Labute approximate surface area is 83.3 Å². The number of amides is 2. The van der Waals surface area contributed by atoms with Crippen molar-refractivity contribution in [3.63, 3.8) is 0 Å². The number of nitrogens with one attached hydrogen (secondary N) is 1. The van der Waals surface area contributed by atoms with Crippen LogP contribution in [0, 0.1) is 0 Å². The molecule has 14 heavy (non-hydrogen) atoms. The fraction of sp³-hybridized carbons (Fsp3) is 0.300. The summed E-state index contributed by atoms with van der Waals surface area (Å²) in [4.78, 5) is 10.4. The summed E-state index contributed by atoms with van der Waals surface area (Å²) in [6.45, 7) is 0.407. The Morgan fingerprint density at radius 2 is 2.00 bits per heavy atom. The molecule has 76 valence electrons. The van der Waals surface area contributed by atoms with Gasteiger partial charge in [0.1, 0.15) is 0 Å².